The number of carbonyl (C=O) groups excluding carboxylic acids is 2. The zero-order valence-corrected chi connectivity index (χ0v) is 6.41. The summed E-state index contributed by atoms with van der Waals surface area (Å²) in [4.78, 5) is 20.6. The Morgan fingerprint density at radius 1 is 1.58 bits per heavy atom. The smallest absolute Gasteiger partial charge is 0.420 e. The van der Waals surface area contributed by atoms with Crippen LogP contribution in [0.5, 0.6) is 0 Å². The summed E-state index contributed by atoms with van der Waals surface area (Å²) >= 11 is 0. The van der Waals surface area contributed by atoms with Crippen molar-refractivity contribution in [2.24, 2.45) is 5.41 Å². The Labute approximate surface area is 69.3 Å². The summed E-state index contributed by atoms with van der Waals surface area (Å²) in [6.07, 6.45) is 1.26. The van der Waals surface area contributed by atoms with Crippen molar-refractivity contribution in [3.8, 4) is 0 Å². The van der Waals surface area contributed by atoms with Crippen LogP contribution in [0.25, 0.3) is 0 Å². The van der Waals surface area contributed by atoms with E-state index in [1.165, 1.54) is 0 Å². The highest BCUT2D eigenvalue weighted by Crippen LogP contribution is 2.46. The van der Waals surface area contributed by atoms with Crippen molar-refractivity contribution in [1.82, 2.24) is 0 Å². The molecule has 5 heteroatoms. The molecule has 0 atom stereocenters. The average Bonchev–Trinajstić information content (AvgIpc) is 2.85. The largest absolute Gasteiger partial charge is 0.427 e. The Bertz CT molecular complexity index is 184. The minimum atomic E-state index is -0.716. The molecule has 1 aliphatic carbocycles. The predicted molar refractivity (Wildman–Crippen MR) is 36.5 cm³/mol. The first-order valence-corrected chi connectivity index (χ1v) is 3.52. The van der Waals surface area contributed by atoms with Crippen LogP contribution in [-0.4, -0.2) is 30.9 Å². The first kappa shape index (κ1) is 8.99. The maximum absolute atomic E-state index is 11.0. The van der Waals surface area contributed by atoms with Gasteiger partial charge >= 0.3 is 12.4 Å². The molecule has 0 spiro atoms. The van der Waals surface area contributed by atoms with Gasteiger partial charge in [0.15, 0.2) is 0 Å². The van der Waals surface area contributed by atoms with Crippen molar-refractivity contribution >= 4 is 12.4 Å². The first-order chi connectivity index (χ1) is 5.75. The number of esters is 1. The van der Waals surface area contributed by atoms with Crippen LogP contribution in [0.15, 0.2) is 0 Å². The second-order valence-electron chi connectivity index (χ2n) is 2.72. The van der Waals surface area contributed by atoms with Crippen LogP contribution in [0.1, 0.15) is 12.8 Å². The Morgan fingerprint density at radius 3 is 2.67 bits per heavy atom. The van der Waals surface area contributed by atoms with Gasteiger partial charge < -0.3 is 14.6 Å². The van der Waals surface area contributed by atoms with Gasteiger partial charge in [-0.05, 0) is 12.8 Å². The topological polar surface area (TPSA) is 72.8 Å². The molecule has 0 aromatic rings. The molecular formula is C7H9O5. The van der Waals surface area contributed by atoms with E-state index in [9.17, 15) is 9.59 Å². The molecule has 0 amide bonds. The van der Waals surface area contributed by atoms with Crippen molar-refractivity contribution in [2.45, 2.75) is 12.8 Å². The summed E-state index contributed by atoms with van der Waals surface area (Å²) in [6.45, 7) is 0.485. The number of aliphatic hydroxyl groups excluding tert-OH is 1. The normalized spacial score (nSPS) is 18.1. The van der Waals surface area contributed by atoms with Gasteiger partial charge in [-0.25, -0.2) is 4.79 Å². The maximum atomic E-state index is 11.0. The van der Waals surface area contributed by atoms with E-state index in [1.807, 2.05) is 0 Å². The zero-order chi connectivity index (χ0) is 9.03. The van der Waals surface area contributed by atoms with E-state index in [0.29, 0.717) is 12.8 Å². The molecule has 0 aromatic heterocycles. The highest BCUT2D eigenvalue weighted by molar-refractivity contribution is 5.79. The Morgan fingerprint density at radius 2 is 2.25 bits per heavy atom. The average molecular weight is 173 g/mol. The molecule has 1 N–H and O–H groups in total. The molecule has 67 valence electrons. The highest BCUT2D eigenvalue weighted by atomic mass is 16.7. The molecule has 1 rings (SSSR count). The van der Waals surface area contributed by atoms with Crippen molar-refractivity contribution in [3.05, 3.63) is 0 Å². The Kier molecular flexibility index (Phi) is 2.65. The highest BCUT2D eigenvalue weighted by Gasteiger charge is 2.51. The summed E-state index contributed by atoms with van der Waals surface area (Å²) in [7, 11) is 0. The van der Waals surface area contributed by atoms with Crippen molar-refractivity contribution in [2.75, 3.05) is 13.4 Å². The van der Waals surface area contributed by atoms with Gasteiger partial charge in [0.05, 0.1) is 12.0 Å². The molecule has 12 heavy (non-hydrogen) atoms. The van der Waals surface area contributed by atoms with Gasteiger partial charge in [0.2, 0.25) is 6.79 Å². The number of aliphatic hydroxyl groups is 1. The minimum Gasteiger partial charge on any atom is -0.427 e. The van der Waals surface area contributed by atoms with Crippen molar-refractivity contribution in [1.29, 1.82) is 0 Å². The standard InChI is InChI=1S/C7H9O5/c8-3-7(1-2-7)6(10)12-5-11-4-9/h8H,1-3,5H2. The summed E-state index contributed by atoms with van der Waals surface area (Å²) in [5, 5.41) is 8.76. The van der Waals surface area contributed by atoms with Crippen LogP contribution in [0.4, 0.5) is 0 Å². The van der Waals surface area contributed by atoms with E-state index >= 15 is 0 Å². The first-order valence-electron chi connectivity index (χ1n) is 3.52. The SMILES string of the molecule is O=[C]OCOC(=O)C1(CO)CC1. The van der Waals surface area contributed by atoms with E-state index in [2.05, 4.69) is 9.47 Å². The lowest BCUT2D eigenvalue weighted by atomic mass is 10.1. The van der Waals surface area contributed by atoms with E-state index < -0.39 is 18.2 Å². The fourth-order valence-electron chi connectivity index (χ4n) is 0.838. The quantitative estimate of drug-likeness (QED) is 0.339. The molecule has 0 bridgehead atoms. The molecule has 0 saturated heterocycles. The molecule has 0 heterocycles. The summed E-state index contributed by atoms with van der Waals surface area (Å²) in [5.74, 6) is -0.514. The van der Waals surface area contributed by atoms with Gasteiger partial charge in [-0.3, -0.25) is 4.79 Å². The fourth-order valence-corrected chi connectivity index (χ4v) is 0.838. The number of hydrogen-bond donors (Lipinski definition) is 1. The molecule has 1 aliphatic rings. The van der Waals surface area contributed by atoms with E-state index in [-0.39, 0.29) is 6.61 Å². The molecule has 1 radical (unpaired) electrons. The van der Waals surface area contributed by atoms with Crippen LogP contribution in [0.2, 0.25) is 0 Å². The third-order valence-corrected chi connectivity index (χ3v) is 1.90. The lowest BCUT2D eigenvalue weighted by molar-refractivity contribution is -0.159. The zero-order valence-electron chi connectivity index (χ0n) is 6.41. The van der Waals surface area contributed by atoms with Crippen molar-refractivity contribution < 1.29 is 24.2 Å². The molecule has 0 aliphatic heterocycles. The van der Waals surface area contributed by atoms with Crippen LogP contribution >= 0.6 is 0 Å². The van der Waals surface area contributed by atoms with Gasteiger partial charge in [-0.15, -0.1) is 0 Å². The Balaban J connectivity index is 2.24. The third kappa shape index (κ3) is 1.73. The van der Waals surface area contributed by atoms with Crippen LogP contribution < -0.4 is 0 Å². The second kappa shape index (κ2) is 3.53. The molecule has 1 saturated carbocycles. The molecular weight excluding hydrogens is 164 g/mol. The molecule has 0 aromatic carbocycles. The van der Waals surface area contributed by atoms with Gasteiger partial charge in [-0.1, -0.05) is 0 Å². The number of rotatable bonds is 5. The van der Waals surface area contributed by atoms with Crippen LogP contribution in [0.3, 0.4) is 0 Å². The monoisotopic (exact) mass is 173 g/mol. The summed E-state index contributed by atoms with van der Waals surface area (Å²) in [5.41, 5.74) is -0.716. The van der Waals surface area contributed by atoms with Gasteiger partial charge in [0, 0.05) is 0 Å². The summed E-state index contributed by atoms with van der Waals surface area (Å²) < 4.78 is 8.56. The van der Waals surface area contributed by atoms with Gasteiger partial charge in [0.25, 0.3) is 0 Å². The van der Waals surface area contributed by atoms with E-state index in [1.54, 1.807) is 0 Å². The van der Waals surface area contributed by atoms with Crippen LogP contribution in [-0.2, 0) is 19.1 Å². The summed E-state index contributed by atoms with van der Waals surface area (Å²) in [6, 6.07) is 0. The molecule has 5 nitrogen and oxygen atoms in total. The van der Waals surface area contributed by atoms with Crippen molar-refractivity contribution in [3.63, 3.8) is 0 Å². The van der Waals surface area contributed by atoms with E-state index in [4.69, 9.17) is 5.11 Å². The lowest BCUT2D eigenvalue weighted by Gasteiger charge is -2.09. The van der Waals surface area contributed by atoms with Gasteiger partial charge in [-0.2, -0.15) is 0 Å². The van der Waals surface area contributed by atoms with E-state index in [0.717, 1.165) is 6.47 Å². The maximum Gasteiger partial charge on any atom is 0.420 e. The third-order valence-electron chi connectivity index (χ3n) is 1.90. The van der Waals surface area contributed by atoms with Gasteiger partial charge in [0.1, 0.15) is 0 Å². The lowest BCUT2D eigenvalue weighted by Crippen LogP contribution is -2.23. The number of hydrogen-bond acceptors (Lipinski definition) is 5. The Hall–Kier alpha value is -1.10. The number of ether oxygens (including phenoxy) is 2. The second-order valence-corrected chi connectivity index (χ2v) is 2.72. The van der Waals surface area contributed by atoms with Crippen LogP contribution in [0, 0.1) is 5.41 Å². The predicted octanol–water partition coefficient (Wildman–Crippen LogP) is -0.657. The minimum absolute atomic E-state index is 0.212. The fraction of sp³-hybridized carbons (Fsp3) is 0.714. The molecule has 1 fully saturated rings. The molecule has 0 unspecified atom stereocenters. The number of carbonyl (C=O) groups is 1.